The number of hydrogen-bond acceptors (Lipinski definition) is 2. The van der Waals surface area contributed by atoms with Gasteiger partial charge in [0.15, 0.2) is 0 Å². The van der Waals surface area contributed by atoms with Gasteiger partial charge in [-0.05, 0) is 44.4 Å². The third-order valence-electron chi connectivity index (χ3n) is 2.86. The molecule has 0 spiro atoms. The molecule has 3 N–H and O–H groups in total. The number of rotatable bonds is 6. The predicted molar refractivity (Wildman–Crippen MR) is 70.8 cm³/mol. The lowest BCUT2D eigenvalue weighted by molar-refractivity contribution is -0.121. The molecule has 1 aromatic carbocycles. The number of benzene rings is 1. The molecule has 1 atom stereocenters. The summed E-state index contributed by atoms with van der Waals surface area (Å²) in [4.78, 5) is 11.8. The van der Waals surface area contributed by atoms with E-state index in [4.69, 9.17) is 5.73 Å². The van der Waals surface area contributed by atoms with Gasteiger partial charge in [-0.15, -0.1) is 0 Å². The third-order valence-corrected chi connectivity index (χ3v) is 2.86. The zero-order chi connectivity index (χ0) is 12.7. The molecular formula is C14H22N2O. The average molecular weight is 234 g/mol. The van der Waals surface area contributed by atoms with Crippen molar-refractivity contribution in [1.29, 1.82) is 0 Å². The summed E-state index contributed by atoms with van der Waals surface area (Å²) >= 11 is 0. The summed E-state index contributed by atoms with van der Waals surface area (Å²) in [6.07, 6.45) is 2.35. The number of nitrogens with one attached hydrogen (secondary N) is 1. The standard InChI is InChI=1S/C14H22N2O/c1-11-6-3-4-8-13(11)10-14(17)16-12(2)7-5-9-15/h3-4,6,8,12H,5,7,9-10,15H2,1-2H3,(H,16,17). The molecule has 0 aliphatic carbocycles. The molecule has 0 fully saturated rings. The summed E-state index contributed by atoms with van der Waals surface area (Å²) in [5.41, 5.74) is 7.70. The maximum absolute atomic E-state index is 11.8. The van der Waals surface area contributed by atoms with Gasteiger partial charge in [0.05, 0.1) is 6.42 Å². The van der Waals surface area contributed by atoms with E-state index in [0.29, 0.717) is 13.0 Å². The van der Waals surface area contributed by atoms with Crippen LogP contribution in [0.5, 0.6) is 0 Å². The van der Waals surface area contributed by atoms with Gasteiger partial charge in [0.25, 0.3) is 0 Å². The van der Waals surface area contributed by atoms with E-state index in [0.717, 1.165) is 24.0 Å². The van der Waals surface area contributed by atoms with Crippen LogP contribution in [0.4, 0.5) is 0 Å². The minimum Gasteiger partial charge on any atom is -0.353 e. The van der Waals surface area contributed by atoms with Crippen LogP contribution >= 0.6 is 0 Å². The zero-order valence-electron chi connectivity index (χ0n) is 10.7. The van der Waals surface area contributed by atoms with Crippen LogP contribution in [0, 0.1) is 6.92 Å². The van der Waals surface area contributed by atoms with E-state index in [1.807, 2.05) is 38.1 Å². The van der Waals surface area contributed by atoms with Crippen molar-refractivity contribution < 1.29 is 4.79 Å². The number of hydrogen-bond donors (Lipinski definition) is 2. The fourth-order valence-corrected chi connectivity index (χ4v) is 1.80. The highest BCUT2D eigenvalue weighted by atomic mass is 16.1. The van der Waals surface area contributed by atoms with Crippen molar-refractivity contribution in [3.63, 3.8) is 0 Å². The summed E-state index contributed by atoms with van der Waals surface area (Å²) < 4.78 is 0. The van der Waals surface area contributed by atoms with E-state index < -0.39 is 0 Å². The van der Waals surface area contributed by atoms with Gasteiger partial charge >= 0.3 is 0 Å². The molecule has 0 saturated carbocycles. The molecule has 0 heterocycles. The Morgan fingerprint density at radius 3 is 2.76 bits per heavy atom. The monoisotopic (exact) mass is 234 g/mol. The van der Waals surface area contributed by atoms with E-state index in [1.165, 1.54) is 0 Å². The Bertz CT molecular complexity index is 363. The van der Waals surface area contributed by atoms with E-state index in [2.05, 4.69) is 5.32 Å². The molecule has 1 unspecified atom stereocenters. The van der Waals surface area contributed by atoms with Gasteiger partial charge in [-0.3, -0.25) is 4.79 Å². The normalized spacial score (nSPS) is 12.2. The van der Waals surface area contributed by atoms with Gasteiger partial charge in [0, 0.05) is 6.04 Å². The van der Waals surface area contributed by atoms with Crippen LogP contribution in [0.15, 0.2) is 24.3 Å². The van der Waals surface area contributed by atoms with E-state index in [1.54, 1.807) is 0 Å². The number of carbonyl (C=O) groups is 1. The molecule has 1 amide bonds. The van der Waals surface area contributed by atoms with Gasteiger partial charge in [0.2, 0.25) is 5.91 Å². The summed E-state index contributed by atoms with van der Waals surface area (Å²) in [6, 6.07) is 8.18. The fourth-order valence-electron chi connectivity index (χ4n) is 1.80. The van der Waals surface area contributed by atoms with Crippen LogP contribution in [0.2, 0.25) is 0 Å². The Morgan fingerprint density at radius 1 is 1.41 bits per heavy atom. The second-order valence-corrected chi connectivity index (χ2v) is 4.50. The maximum Gasteiger partial charge on any atom is 0.224 e. The summed E-state index contributed by atoms with van der Waals surface area (Å²) in [5, 5.41) is 3.00. The quantitative estimate of drug-likeness (QED) is 0.788. The predicted octanol–water partition coefficient (Wildman–Crippen LogP) is 1.78. The lowest BCUT2D eigenvalue weighted by atomic mass is 10.1. The highest BCUT2D eigenvalue weighted by Crippen LogP contribution is 2.07. The zero-order valence-corrected chi connectivity index (χ0v) is 10.7. The molecule has 0 aliphatic heterocycles. The molecule has 0 aliphatic rings. The first-order chi connectivity index (χ1) is 8.13. The van der Waals surface area contributed by atoms with Crippen LogP contribution in [0.1, 0.15) is 30.9 Å². The Labute approximate surface area is 103 Å². The van der Waals surface area contributed by atoms with Gasteiger partial charge in [-0.2, -0.15) is 0 Å². The van der Waals surface area contributed by atoms with E-state index >= 15 is 0 Å². The van der Waals surface area contributed by atoms with Crippen molar-refractivity contribution >= 4 is 5.91 Å². The number of carbonyl (C=O) groups excluding carboxylic acids is 1. The fraction of sp³-hybridized carbons (Fsp3) is 0.500. The minimum atomic E-state index is 0.0869. The Hall–Kier alpha value is -1.35. The van der Waals surface area contributed by atoms with Crippen molar-refractivity contribution in [2.45, 2.75) is 39.2 Å². The molecule has 3 heteroatoms. The highest BCUT2D eigenvalue weighted by molar-refractivity contribution is 5.79. The van der Waals surface area contributed by atoms with Crippen LogP contribution in [0.25, 0.3) is 0 Å². The Balaban J connectivity index is 2.42. The van der Waals surface area contributed by atoms with Crippen molar-refractivity contribution in [3.8, 4) is 0 Å². The van der Waals surface area contributed by atoms with Crippen LogP contribution in [0.3, 0.4) is 0 Å². The molecule has 1 rings (SSSR count). The number of aryl methyl sites for hydroxylation is 1. The van der Waals surface area contributed by atoms with Gasteiger partial charge < -0.3 is 11.1 Å². The molecule has 0 aromatic heterocycles. The molecule has 94 valence electrons. The molecule has 0 saturated heterocycles. The largest absolute Gasteiger partial charge is 0.353 e. The minimum absolute atomic E-state index is 0.0869. The number of nitrogens with two attached hydrogens (primary N) is 1. The molecule has 3 nitrogen and oxygen atoms in total. The maximum atomic E-state index is 11.8. The first-order valence-corrected chi connectivity index (χ1v) is 6.17. The average Bonchev–Trinajstić information content (AvgIpc) is 2.29. The van der Waals surface area contributed by atoms with Gasteiger partial charge in [-0.25, -0.2) is 0 Å². The molecular weight excluding hydrogens is 212 g/mol. The van der Waals surface area contributed by atoms with Crippen molar-refractivity contribution in [1.82, 2.24) is 5.32 Å². The Kier molecular flexibility index (Phi) is 5.70. The molecule has 1 aromatic rings. The van der Waals surface area contributed by atoms with Crippen LogP contribution in [-0.4, -0.2) is 18.5 Å². The smallest absolute Gasteiger partial charge is 0.224 e. The Morgan fingerprint density at radius 2 is 2.12 bits per heavy atom. The lowest BCUT2D eigenvalue weighted by Gasteiger charge is -2.13. The van der Waals surface area contributed by atoms with Crippen molar-refractivity contribution in [3.05, 3.63) is 35.4 Å². The summed E-state index contributed by atoms with van der Waals surface area (Å²) in [5.74, 6) is 0.0869. The first-order valence-electron chi connectivity index (χ1n) is 6.17. The van der Waals surface area contributed by atoms with E-state index in [-0.39, 0.29) is 11.9 Å². The number of amides is 1. The van der Waals surface area contributed by atoms with E-state index in [9.17, 15) is 4.79 Å². The topological polar surface area (TPSA) is 55.1 Å². The lowest BCUT2D eigenvalue weighted by Crippen LogP contribution is -2.34. The molecule has 0 bridgehead atoms. The first kappa shape index (κ1) is 13.7. The van der Waals surface area contributed by atoms with Crippen LogP contribution in [-0.2, 0) is 11.2 Å². The highest BCUT2D eigenvalue weighted by Gasteiger charge is 2.08. The second-order valence-electron chi connectivity index (χ2n) is 4.50. The van der Waals surface area contributed by atoms with Crippen molar-refractivity contribution in [2.24, 2.45) is 5.73 Å². The molecule has 17 heavy (non-hydrogen) atoms. The SMILES string of the molecule is Cc1ccccc1CC(=O)NC(C)CCCN. The van der Waals surface area contributed by atoms with Gasteiger partial charge in [0.1, 0.15) is 0 Å². The van der Waals surface area contributed by atoms with Crippen LogP contribution < -0.4 is 11.1 Å². The van der Waals surface area contributed by atoms with Gasteiger partial charge in [-0.1, -0.05) is 24.3 Å². The van der Waals surface area contributed by atoms with Crippen molar-refractivity contribution in [2.75, 3.05) is 6.54 Å². The third kappa shape index (κ3) is 5.00. The molecule has 0 radical (unpaired) electrons. The summed E-state index contributed by atoms with van der Waals surface area (Å²) in [7, 11) is 0. The summed E-state index contributed by atoms with van der Waals surface area (Å²) in [6.45, 7) is 4.73. The second kappa shape index (κ2) is 7.07.